The molecule has 2 atom stereocenters. The number of aromatic nitrogens is 1. The summed E-state index contributed by atoms with van der Waals surface area (Å²) in [4.78, 5) is 4.48. The van der Waals surface area contributed by atoms with Crippen LogP contribution in [0.2, 0.25) is 0 Å². The molecule has 27 heavy (non-hydrogen) atoms. The van der Waals surface area contributed by atoms with E-state index >= 15 is 0 Å². The number of pyridine rings is 1. The Morgan fingerprint density at radius 2 is 1.70 bits per heavy atom. The fourth-order valence-corrected chi connectivity index (χ4v) is 6.15. The highest BCUT2D eigenvalue weighted by Crippen LogP contribution is 2.54. The van der Waals surface area contributed by atoms with Crippen LogP contribution in [-0.2, 0) is 24.8 Å². The molecule has 2 aliphatic rings. The molecule has 0 fully saturated rings. The summed E-state index contributed by atoms with van der Waals surface area (Å²) in [6, 6.07) is 19.9. The quantitative estimate of drug-likeness (QED) is 0.665. The number of rotatable bonds is 4. The first kappa shape index (κ1) is 17.0. The summed E-state index contributed by atoms with van der Waals surface area (Å²) in [5.74, 6) is 0. The second kappa shape index (κ2) is 6.77. The van der Waals surface area contributed by atoms with E-state index in [0.717, 1.165) is 20.8 Å². The third-order valence-electron chi connectivity index (χ3n) is 6.36. The Hall–Kier alpha value is -2.18. The van der Waals surface area contributed by atoms with E-state index in [-0.39, 0.29) is 5.41 Å². The van der Waals surface area contributed by atoms with Crippen molar-refractivity contribution in [1.29, 1.82) is 0 Å². The SMILES string of the molecule is CPc1cccc2c1[C@]1(CCc3cccc(NCc4ccccn4)c31)CC2. The molecule has 2 nitrogen and oxygen atoms in total. The van der Waals surface area contributed by atoms with E-state index in [9.17, 15) is 0 Å². The minimum Gasteiger partial charge on any atom is -0.379 e. The number of aryl methyl sites for hydroxylation is 2. The van der Waals surface area contributed by atoms with Gasteiger partial charge in [0.1, 0.15) is 0 Å². The molecule has 0 bridgehead atoms. The number of benzene rings is 2. The molecule has 1 spiro atoms. The van der Waals surface area contributed by atoms with Gasteiger partial charge in [-0.05, 0) is 78.1 Å². The van der Waals surface area contributed by atoms with E-state index in [1.807, 2.05) is 12.3 Å². The van der Waals surface area contributed by atoms with Crippen molar-refractivity contribution in [3.8, 4) is 0 Å². The lowest BCUT2D eigenvalue weighted by molar-refractivity contribution is 0.510. The van der Waals surface area contributed by atoms with Gasteiger partial charge in [0, 0.05) is 17.3 Å². The minimum absolute atomic E-state index is 0.206. The first-order valence-corrected chi connectivity index (χ1v) is 11.4. The molecule has 1 N–H and O–H groups in total. The summed E-state index contributed by atoms with van der Waals surface area (Å²) in [5, 5.41) is 5.29. The molecule has 1 unspecified atom stereocenters. The van der Waals surface area contributed by atoms with Gasteiger partial charge in [-0.1, -0.05) is 45.0 Å². The van der Waals surface area contributed by atoms with Crippen LogP contribution in [0.3, 0.4) is 0 Å². The van der Waals surface area contributed by atoms with Crippen molar-refractivity contribution in [3.63, 3.8) is 0 Å². The van der Waals surface area contributed by atoms with Crippen molar-refractivity contribution in [2.75, 3.05) is 12.0 Å². The van der Waals surface area contributed by atoms with Gasteiger partial charge in [-0.15, -0.1) is 0 Å². The van der Waals surface area contributed by atoms with Crippen LogP contribution in [0.25, 0.3) is 0 Å². The monoisotopic (exact) mass is 372 g/mol. The van der Waals surface area contributed by atoms with Gasteiger partial charge in [-0.3, -0.25) is 4.98 Å². The summed E-state index contributed by atoms with van der Waals surface area (Å²) in [6.07, 6.45) is 6.77. The topological polar surface area (TPSA) is 24.9 Å². The van der Waals surface area contributed by atoms with E-state index in [4.69, 9.17) is 0 Å². The molecule has 3 heteroatoms. The van der Waals surface area contributed by atoms with Gasteiger partial charge in [-0.2, -0.15) is 0 Å². The van der Waals surface area contributed by atoms with Crippen LogP contribution in [0, 0.1) is 0 Å². The van der Waals surface area contributed by atoms with Crippen LogP contribution < -0.4 is 10.6 Å². The summed E-state index contributed by atoms with van der Waals surface area (Å²) in [6.45, 7) is 3.10. The van der Waals surface area contributed by atoms with Crippen molar-refractivity contribution in [3.05, 3.63) is 88.7 Å². The standard InChI is InChI=1S/C24H25N2P/c1-27-21-10-5-7-18-12-14-24(23(18)21)13-11-17-6-4-9-20(22(17)24)26-16-19-8-2-3-15-25-19/h2-10,15,26-27H,11-14,16H2,1H3/t24-/m1/s1. The average molecular weight is 372 g/mol. The first-order valence-electron chi connectivity index (χ1n) is 9.88. The highest BCUT2D eigenvalue weighted by molar-refractivity contribution is 7.46. The van der Waals surface area contributed by atoms with Gasteiger partial charge in [0.05, 0.1) is 12.2 Å². The molecule has 1 heterocycles. The van der Waals surface area contributed by atoms with Crippen LogP contribution in [0.15, 0.2) is 60.8 Å². The van der Waals surface area contributed by atoms with E-state index in [1.54, 1.807) is 22.0 Å². The fourth-order valence-electron chi connectivity index (χ4n) is 5.24. The molecule has 5 rings (SSSR count). The average Bonchev–Trinajstić information content (AvgIpc) is 3.30. The van der Waals surface area contributed by atoms with Crippen molar-refractivity contribution in [1.82, 2.24) is 4.98 Å². The largest absolute Gasteiger partial charge is 0.379 e. The summed E-state index contributed by atoms with van der Waals surface area (Å²) in [7, 11) is 0.855. The molecule has 0 radical (unpaired) electrons. The summed E-state index contributed by atoms with van der Waals surface area (Å²) >= 11 is 0. The smallest absolute Gasteiger partial charge is 0.0594 e. The zero-order valence-electron chi connectivity index (χ0n) is 15.8. The van der Waals surface area contributed by atoms with Gasteiger partial charge in [0.25, 0.3) is 0 Å². The number of anilines is 1. The Balaban J connectivity index is 1.59. The molecule has 2 aromatic carbocycles. The predicted molar refractivity (Wildman–Crippen MR) is 116 cm³/mol. The maximum atomic E-state index is 4.48. The number of fused-ring (bicyclic) bond motifs is 4. The molecule has 0 aliphatic heterocycles. The molecule has 0 amide bonds. The van der Waals surface area contributed by atoms with E-state index in [0.29, 0.717) is 0 Å². The Morgan fingerprint density at radius 3 is 2.44 bits per heavy atom. The third-order valence-corrected chi connectivity index (χ3v) is 7.31. The zero-order chi connectivity index (χ0) is 18.3. The molecule has 136 valence electrons. The molecular weight excluding hydrogens is 347 g/mol. The highest BCUT2D eigenvalue weighted by Gasteiger charge is 2.47. The van der Waals surface area contributed by atoms with Crippen molar-refractivity contribution in [2.24, 2.45) is 0 Å². The van der Waals surface area contributed by atoms with Crippen LogP contribution >= 0.6 is 8.58 Å². The van der Waals surface area contributed by atoms with Crippen LogP contribution in [-0.4, -0.2) is 11.6 Å². The molecular formula is C24H25N2P. The van der Waals surface area contributed by atoms with Gasteiger partial charge in [0.2, 0.25) is 0 Å². The fraction of sp³-hybridized carbons (Fsp3) is 0.292. The van der Waals surface area contributed by atoms with Gasteiger partial charge in [-0.25, -0.2) is 0 Å². The number of hydrogen-bond donors (Lipinski definition) is 1. The second-order valence-corrected chi connectivity index (χ2v) is 8.72. The van der Waals surface area contributed by atoms with E-state index < -0.39 is 0 Å². The molecule has 3 aromatic rings. The Labute approximate surface area is 163 Å². The van der Waals surface area contributed by atoms with E-state index in [2.05, 4.69) is 65.5 Å². The Bertz CT molecular complexity index is 979. The van der Waals surface area contributed by atoms with Crippen molar-refractivity contribution in [2.45, 2.75) is 37.6 Å². The van der Waals surface area contributed by atoms with Crippen LogP contribution in [0.5, 0.6) is 0 Å². The Kier molecular flexibility index (Phi) is 4.25. The number of hydrogen-bond acceptors (Lipinski definition) is 2. The number of nitrogens with zero attached hydrogens (tertiary/aromatic N) is 1. The molecule has 0 saturated heterocycles. The molecule has 0 saturated carbocycles. The normalized spacial score (nSPS) is 20.3. The number of nitrogens with one attached hydrogen (secondary N) is 1. The highest BCUT2D eigenvalue weighted by atomic mass is 31.1. The van der Waals surface area contributed by atoms with Gasteiger partial charge in [0.15, 0.2) is 0 Å². The zero-order valence-corrected chi connectivity index (χ0v) is 16.8. The van der Waals surface area contributed by atoms with Crippen LogP contribution in [0.1, 0.15) is 40.8 Å². The minimum atomic E-state index is 0.206. The lowest BCUT2D eigenvalue weighted by atomic mass is 9.76. The summed E-state index contributed by atoms with van der Waals surface area (Å²) in [5.41, 5.74) is 8.92. The molecule has 2 aliphatic carbocycles. The van der Waals surface area contributed by atoms with Gasteiger partial charge < -0.3 is 5.32 Å². The molecule has 1 aromatic heterocycles. The predicted octanol–water partition coefficient (Wildman–Crippen LogP) is 4.81. The van der Waals surface area contributed by atoms with Crippen molar-refractivity contribution >= 4 is 19.6 Å². The van der Waals surface area contributed by atoms with Crippen molar-refractivity contribution < 1.29 is 0 Å². The maximum Gasteiger partial charge on any atom is 0.0594 e. The lowest BCUT2D eigenvalue weighted by Gasteiger charge is -2.31. The maximum absolute atomic E-state index is 4.48. The summed E-state index contributed by atoms with van der Waals surface area (Å²) < 4.78 is 0. The van der Waals surface area contributed by atoms with Gasteiger partial charge >= 0.3 is 0 Å². The first-order chi connectivity index (χ1) is 13.3. The second-order valence-electron chi connectivity index (χ2n) is 7.69. The Morgan fingerprint density at radius 1 is 0.926 bits per heavy atom. The van der Waals surface area contributed by atoms with E-state index in [1.165, 1.54) is 36.9 Å². The lowest BCUT2D eigenvalue weighted by Crippen LogP contribution is -2.27. The van der Waals surface area contributed by atoms with Crippen LogP contribution in [0.4, 0.5) is 5.69 Å². The third kappa shape index (κ3) is 2.70.